The summed E-state index contributed by atoms with van der Waals surface area (Å²) in [4.78, 5) is 34.8. The highest BCUT2D eigenvalue weighted by molar-refractivity contribution is 5.83. The monoisotopic (exact) mass is 260 g/mol. The summed E-state index contributed by atoms with van der Waals surface area (Å²) in [6.45, 7) is 2.45. The molecule has 0 saturated carbocycles. The first kappa shape index (κ1) is 16.2. The van der Waals surface area contributed by atoms with Crippen molar-refractivity contribution >= 4 is 18.0 Å². The third-order valence-corrected chi connectivity index (χ3v) is 2.37. The standard InChI is InChI=1S/C11H20N2O5/c1-4-7-13(2)11(17)12-8(10(15)16)5-6-9(14)18-3/h8H,4-7H2,1-3H3,(H,12,17)(H,15,16)/t8-/m1/s1. The van der Waals surface area contributed by atoms with Gasteiger partial charge in [0, 0.05) is 20.0 Å². The highest BCUT2D eigenvalue weighted by Gasteiger charge is 2.22. The summed E-state index contributed by atoms with van der Waals surface area (Å²) in [5.74, 6) is -1.67. The highest BCUT2D eigenvalue weighted by atomic mass is 16.5. The van der Waals surface area contributed by atoms with Gasteiger partial charge in [0.05, 0.1) is 7.11 Å². The number of aliphatic carboxylic acids is 1. The van der Waals surface area contributed by atoms with Crippen LogP contribution in [0.5, 0.6) is 0 Å². The van der Waals surface area contributed by atoms with Crippen molar-refractivity contribution in [1.29, 1.82) is 0 Å². The smallest absolute Gasteiger partial charge is 0.326 e. The van der Waals surface area contributed by atoms with E-state index in [0.29, 0.717) is 6.54 Å². The third-order valence-electron chi connectivity index (χ3n) is 2.37. The first-order chi connectivity index (χ1) is 8.42. The van der Waals surface area contributed by atoms with Crippen LogP contribution < -0.4 is 5.32 Å². The molecule has 0 bridgehead atoms. The molecule has 2 N–H and O–H groups in total. The largest absolute Gasteiger partial charge is 0.480 e. The van der Waals surface area contributed by atoms with Gasteiger partial charge in [-0.15, -0.1) is 0 Å². The first-order valence-corrected chi connectivity index (χ1v) is 5.73. The van der Waals surface area contributed by atoms with Crippen LogP contribution in [0.25, 0.3) is 0 Å². The van der Waals surface area contributed by atoms with E-state index in [4.69, 9.17) is 5.11 Å². The van der Waals surface area contributed by atoms with Gasteiger partial charge in [-0.1, -0.05) is 6.92 Å². The summed E-state index contributed by atoms with van der Waals surface area (Å²) in [6, 6.07) is -1.55. The number of hydrogen-bond donors (Lipinski definition) is 2. The van der Waals surface area contributed by atoms with E-state index in [1.54, 1.807) is 7.05 Å². The summed E-state index contributed by atoms with van der Waals surface area (Å²) in [7, 11) is 2.81. The number of carboxylic acids is 1. The van der Waals surface area contributed by atoms with E-state index in [-0.39, 0.29) is 12.8 Å². The van der Waals surface area contributed by atoms with Crippen molar-refractivity contribution in [3.8, 4) is 0 Å². The Hall–Kier alpha value is -1.79. The van der Waals surface area contributed by atoms with Gasteiger partial charge in [0.15, 0.2) is 0 Å². The Kier molecular flexibility index (Phi) is 7.50. The molecule has 7 nitrogen and oxygen atoms in total. The van der Waals surface area contributed by atoms with E-state index in [0.717, 1.165) is 6.42 Å². The summed E-state index contributed by atoms with van der Waals surface area (Å²) >= 11 is 0. The number of methoxy groups -OCH3 is 1. The molecule has 0 aromatic carbocycles. The normalized spacial score (nSPS) is 11.5. The molecule has 0 spiro atoms. The molecule has 0 aliphatic heterocycles. The summed E-state index contributed by atoms with van der Waals surface area (Å²) < 4.78 is 4.42. The number of carbonyl (C=O) groups is 3. The zero-order chi connectivity index (χ0) is 14.1. The van der Waals surface area contributed by atoms with Gasteiger partial charge in [0.1, 0.15) is 6.04 Å². The minimum Gasteiger partial charge on any atom is -0.480 e. The van der Waals surface area contributed by atoms with Crippen LogP contribution in [0.4, 0.5) is 4.79 Å². The molecule has 0 aliphatic rings. The van der Waals surface area contributed by atoms with Crippen molar-refractivity contribution < 1.29 is 24.2 Å². The number of carbonyl (C=O) groups excluding carboxylic acids is 2. The summed E-state index contributed by atoms with van der Waals surface area (Å²) in [5.41, 5.74) is 0. The van der Waals surface area contributed by atoms with E-state index in [9.17, 15) is 14.4 Å². The Labute approximate surface area is 106 Å². The van der Waals surface area contributed by atoms with Gasteiger partial charge < -0.3 is 20.1 Å². The van der Waals surface area contributed by atoms with Crippen LogP contribution in [0, 0.1) is 0 Å². The Morgan fingerprint density at radius 1 is 1.39 bits per heavy atom. The molecule has 2 amide bonds. The van der Waals surface area contributed by atoms with E-state index in [1.165, 1.54) is 12.0 Å². The molecule has 7 heteroatoms. The molecule has 0 radical (unpaired) electrons. The van der Waals surface area contributed by atoms with Gasteiger partial charge in [-0.3, -0.25) is 4.79 Å². The van der Waals surface area contributed by atoms with Crippen molar-refractivity contribution in [2.75, 3.05) is 20.7 Å². The fraction of sp³-hybridized carbons (Fsp3) is 0.727. The van der Waals surface area contributed by atoms with Gasteiger partial charge in [-0.25, -0.2) is 9.59 Å². The van der Waals surface area contributed by atoms with Crippen LogP contribution in [0.15, 0.2) is 0 Å². The number of urea groups is 1. The highest BCUT2D eigenvalue weighted by Crippen LogP contribution is 2.01. The molecular formula is C11H20N2O5. The van der Waals surface area contributed by atoms with Crippen molar-refractivity contribution in [1.82, 2.24) is 10.2 Å². The maximum Gasteiger partial charge on any atom is 0.326 e. The number of amides is 2. The summed E-state index contributed by atoms with van der Waals surface area (Å²) in [5, 5.41) is 11.3. The van der Waals surface area contributed by atoms with Crippen molar-refractivity contribution in [2.45, 2.75) is 32.2 Å². The van der Waals surface area contributed by atoms with Crippen LogP contribution in [-0.2, 0) is 14.3 Å². The lowest BCUT2D eigenvalue weighted by Gasteiger charge is -2.20. The van der Waals surface area contributed by atoms with Gasteiger partial charge in [-0.2, -0.15) is 0 Å². The van der Waals surface area contributed by atoms with Crippen molar-refractivity contribution in [3.63, 3.8) is 0 Å². The van der Waals surface area contributed by atoms with Crippen LogP contribution in [0.3, 0.4) is 0 Å². The second-order valence-electron chi connectivity index (χ2n) is 3.88. The Balaban J connectivity index is 4.31. The maximum absolute atomic E-state index is 11.6. The minimum absolute atomic E-state index is 0.00765. The zero-order valence-corrected chi connectivity index (χ0v) is 10.9. The molecule has 0 saturated heterocycles. The number of ether oxygens (including phenoxy) is 1. The lowest BCUT2D eigenvalue weighted by Crippen LogP contribution is -2.47. The molecular weight excluding hydrogens is 240 g/mol. The Morgan fingerprint density at radius 3 is 2.44 bits per heavy atom. The van der Waals surface area contributed by atoms with Gasteiger partial charge >= 0.3 is 18.0 Å². The number of hydrogen-bond acceptors (Lipinski definition) is 4. The number of esters is 1. The molecule has 0 rings (SSSR count). The predicted octanol–water partition coefficient (Wildman–Crippen LogP) is 0.444. The molecule has 1 atom stereocenters. The first-order valence-electron chi connectivity index (χ1n) is 5.73. The van der Waals surface area contributed by atoms with Gasteiger partial charge in [-0.05, 0) is 12.8 Å². The number of nitrogens with zero attached hydrogens (tertiary/aromatic N) is 1. The van der Waals surface area contributed by atoms with E-state index < -0.39 is 24.0 Å². The Bertz CT molecular complexity index is 306. The fourth-order valence-electron chi connectivity index (χ4n) is 1.32. The number of carboxylic acid groups (broad SMARTS) is 1. The lowest BCUT2D eigenvalue weighted by atomic mass is 10.1. The van der Waals surface area contributed by atoms with Gasteiger partial charge in [0.25, 0.3) is 0 Å². The molecule has 104 valence electrons. The van der Waals surface area contributed by atoms with E-state index in [2.05, 4.69) is 10.1 Å². The lowest BCUT2D eigenvalue weighted by molar-refractivity contribution is -0.142. The SMILES string of the molecule is CCCN(C)C(=O)N[C@H](CCC(=O)OC)C(=O)O. The molecule has 0 heterocycles. The number of nitrogens with one attached hydrogen (secondary N) is 1. The van der Waals surface area contributed by atoms with Crippen LogP contribution >= 0.6 is 0 Å². The minimum atomic E-state index is -1.17. The fourth-order valence-corrected chi connectivity index (χ4v) is 1.32. The van der Waals surface area contributed by atoms with Crippen LogP contribution in [0.1, 0.15) is 26.2 Å². The summed E-state index contributed by atoms with van der Waals surface area (Å²) in [6.07, 6.45) is 0.739. The van der Waals surface area contributed by atoms with E-state index in [1.807, 2.05) is 6.92 Å². The third kappa shape index (κ3) is 6.07. The molecule has 0 aromatic heterocycles. The maximum atomic E-state index is 11.6. The number of rotatable bonds is 7. The zero-order valence-electron chi connectivity index (χ0n) is 10.9. The molecule has 0 aliphatic carbocycles. The quantitative estimate of drug-likeness (QED) is 0.648. The Morgan fingerprint density at radius 2 is 2.00 bits per heavy atom. The second-order valence-corrected chi connectivity index (χ2v) is 3.88. The van der Waals surface area contributed by atoms with Gasteiger partial charge in [0.2, 0.25) is 0 Å². The van der Waals surface area contributed by atoms with Crippen molar-refractivity contribution in [3.05, 3.63) is 0 Å². The van der Waals surface area contributed by atoms with Crippen LogP contribution in [-0.4, -0.2) is 54.7 Å². The topological polar surface area (TPSA) is 95.9 Å². The molecule has 0 unspecified atom stereocenters. The van der Waals surface area contributed by atoms with Crippen LogP contribution in [0.2, 0.25) is 0 Å². The molecule has 0 fully saturated rings. The second kappa shape index (κ2) is 8.32. The van der Waals surface area contributed by atoms with Crippen molar-refractivity contribution in [2.24, 2.45) is 0 Å². The average Bonchev–Trinajstić information content (AvgIpc) is 2.33. The molecule has 0 aromatic rings. The molecule has 18 heavy (non-hydrogen) atoms. The van der Waals surface area contributed by atoms with E-state index >= 15 is 0 Å². The predicted molar refractivity (Wildman–Crippen MR) is 64.1 cm³/mol. The average molecular weight is 260 g/mol.